The van der Waals surface area contributed by atoms with E-state index < -0.39 is 6.10 Å². The average molecular weight is 358 g/mol. The Hall–Kier alpha value is -2.54. The van der Waals surface area contributed by atoms with Crippen LogP contribution in [-0.4, -0.2) is 40.7 Å². The van der Waals surface area contributed by atoms with Gasteiger partial charge in [-0.05, 0) is 35.4 Å². The molecule has 4 N–H and O–H groups in total. The lowest BCUT2D eigenvalue weighted by Gasteiger charge is -2.18. The van der Waals surface area contributed by atoms with Gasteiger partial charge in [0.15, 0.2) is 11.5 Å². The van der Waals surface area contributed by atoms with Crippen LogP contribution in [-0.2, 0) is 6.61 Å². The van der Waals surface area contributed by atoms with Gasteiger partial charge in [-0.2, -0.15) is 0 Å². The number of aromatic hydroxyl groups is 1. The largest absolute Gasteiger partial charge is 0.508 e. The van der Waals surface area contributed by atoms with Crippen molar-refractivity contribution < 1.29 is 29.9 Å². The third-order valence-corrected chi connectivity index (χ3v) is 4.55. The molecule has 1 aliphatic heterocycles. The van der Waals surface area contributed by atoms with Crippen LogP contribution >= 0.6 is 0 Å². The van der Waals surface area contributed by atoms with Crippen molar-refractivity contribution in [3.05, 3.63) is 58.7 Å². The molecular formula is C20H22O6. The number of methoxy groups -OCH3 is 1. The summed E-state index contributed by atoms with van der Waals surface area (Å²) in [6.45, 7) is -0.495. The van der Waals surface area contributed by atoms with Crippen molar-refractivity contribution in [1.82, 2.24) is 0 Å². The summed E-state index contributed by atoms with van der Waals surface area (Å²) in [5.41, 5.74) is 2.79. The highest BCUT2D eigenvalue weighted by Gasteiger charge is 2.37. The zero-order valence-electron chi connectivity index (χ0n) is 14.4. The van der Waals surface area contributed by atoms with Crippen LogP contribution in [0, 0.1) is 0 Å². The molecule has 0 aliphatic carbocycles. The molecule has 1 heterocycles. The van der Waals surface area contributed by atoms with E-state index in [1.807, 2.05) is 6.07 Å². The highest BCUT2D eigenvalue weighted by Crippen LogP contribution is 2.51. The topological polar surface area (TPSA) is 99.4 Å². The van der Waals surface area contributed by atoms with Gasteiger partial charge in [0, 0.05) is 11.1 Å². The second-order valence-electron chi connectivity index (χ2n) is 6.10. The van der Waals surface area contributed by atoms with Crippen molar-refractivity contribution in [1.29, 1.82) is 0 Å². The molecule has 0 unspecified atom stereocenters. The van der Waals surface area contributed by atoms with E-state index >= 15 is 0 Å². The number of aliphatic hydroxyl groups excluding tert-OH is 3. The van der Waals surface area contributed by atoms with Crippen LogP contribution in [0.5, 0.6) is 17.2 Å². The van der Waals surface area contributed by atoms with E-state index in [1.54, 1.807) is 37.5 Å². The van der Waals surface area contributed by atoms with Crippen molar-refractivity contribution in [2.24, 2.45) is 0 Å². The molecule has 138 valence electrons. The van der Waals surface area contributed by atoms with Gasteiger partial charge < -0.3 is 29.9 Å². The molecule has 0 amide bonds. The van der Waals surface area contributed by atoms with Gasteiger partial charge in [-0.15, -0.1) is 0 Å². The Labute approximate surface area is 151 Å². The number of fused-ring (bicyclic) bond motifs is 1. The van der Waals surface area contributed by atoms with Crippen LogP contribution in [0.4, 0.5) is 0 Å². The van der Waals surface area contributed by atoms with Crippen LogP contribution in [0.25, 0.3) is 6.08 Å². The Morgan fingerprint density at radius 2 is 1.96 bits per heavy atom. The summed E-state index contributed by atoms with van der Waals surface area (Å²) in [5.74, 6) is 0.803. The maximum absolute atomic E-state index is 9.98. The SMILES string of the molecule is COc1cc(/C=C/CO)cc2c1O[C@H](c1ccc(O)c(CO)c1)[C@H]2CO. The minimum atomic E-state index is -0.466. The van der Waals surface area contributed by atoms with Gasteiger partial charge in [-0.25, -0.2) is 0 Å². The van der Waals surface area contributed by atoms with E-state index in [0.29, 0.717) is 17.1 Å². The number of aliphatic hydroxyl groups is 3. The molecule has 0 radical (unpaired) electrons. The van der Waals surface area contributed by atoms with E-state index in [1.165, 1.54) is 6.07 Å². The van der Waals surface area contributed by atoms with Crippen LogP contribution in [0.3, 0.4) is 0 Å². The minimum Gasteiger partial charge on any atom is -0.508 e. The van der Waals surface area contributed by atoms with Gasteiger partial charge in [-0.3, -0.25) is 0 Å². The van der Waals surface area contributed by atoms with Gasteiger partial charge in [0.05, 0.1) is 32.8 Å². The van der Waals surface area contributed by atoms with E-state index in [2.05, 4.69) is 0 Å². The number of hydrogen-bond acceptors (Lipinski definition) is 6. The molecule has 6 nitrogen and oxygen atoms in total. The normalized spacial score (nSPS) is 18.8. The summed E-state index contributed by atoms with van der Waals surface area (Å²) >= 11 is 0. The molecule has 2 aromatic rings. The van der Waals surface area contributed by atoms with Gasteiger partial charge in [0.25, 0.3) is 0 Å². The second-order valence-corrected chi connectivity index (χ2v) is 6.10. The standard InChI is InChI=1S/C20H22O6/c1-25-18-8-12(3-2-6-21)7-15-16(11-23)19(26-20(15)18)13-4-5-17(24)14(9-13)10-22/h2-5,7-9,16,19,21-24H,6,10-11H2,1H3/b3-2+/t16-,19+/m0/s1. The number of benzene rings is 2. The molecule has 2 aromatic carbocycles. The molecule has 0 fully saturated rings. The molecule has 0 saturated heterocycles. The van der Waals surface area contributed by atoms with Crippen molar-refractivity contribution >= 4 is 6.08 Å². The summed E-state index contributed by atoms with van der Waals surface area (Å²) in [6.07, 6.45) is 2.93. The van der Waals surface area contributed by atoms with Crippen LogP contribution in [0.1, 0.15) is 34.3 Å². The maximum Gasteiger partial charge on any atom is 0.165 e. The minimum absolute atomic E-state index is 0.0151. The lowest BCUT2D eigenvalue weighted by Crippen LogP contribution is -2.13. The molecule has 0 saturated carbocycles. The van der Waals surface area contributed by atoms with Crippen LogP contribution in [0.15, 0.2) is 36.4 Å². The zero-order chi connectivity index (χ0) is 18.7. The highest BCUT2D eigenvalue weighted by atomic mass is 16.5. The van der Waals surface area contributed by atoms with Gasteiger partial charge >= 0.3 is 0 Å². The Kier molecular flexibility index (Phi) is 5.46. The van der Waals surface area contributed by atoms with Crippen LogP contribution in [0.2, 0.25) is 0 Å². The first kappa shape index (κ1) is 18.3. The molecule has 0 bridgehead atoms. The van der Waals surface area contributed by atoms with E-state index in [9.17, 15) is 15.3 Å². The van der Waals surface area contributed by atoms with Gasteiger partial charge in [-0.1, -0.05) is 18.2 Å². The number of hydrogen-bond donors (Lipinski definition) is 4. The number of phenols is 1. The molecule has 2 atom stereocenters. The molecule has 6 heteroatoms. The third kappa shape index (κ3) is 3.26. The number of rotatable bonds is 6. The Bertz CT molecular complexity index is 814. The summed E-state index contributed by atoms with van der Waals surface area (Å²) in [4.78, 5) is 0. The lowest BCUT2D eigenvalue weighted by molar-refractivity contribution is 0.157. The summed E-state index contributed by atoms with van der Waals surface area (Å²) in [6, 6.07) is 8.60. The van der Waals surface area contributed by atoms with E-state index in [0.717, 1.165) is 16.7 Å². The third-order valence-electron chi connectivity index (χ3n) is 4.55. The second kappa shape index (κ2) is 7.78. The molecule has 26 heavy (non-hydrogen) atoms. The Morgan fingerprint density at radius 1 is 1.15 bits per heavy atom. The van der Waals surface area contributed by atoms with Crippen molar-refractivity contribution in [2.45, 2.75) is 18.6 Å². The van der Waals surface area contributed by atoms with Crippen molar-refractivity contribution in [3.63, 3.8) is 0 Å². The fourth-order valence-electron chi connectivity index (χ4n) is 3.26. The monoisotopic (exact) mass is 358 g/mol. The molecule has 0 aromatic heterocycles. The first-order valence-corrected chi connectivity index (χ1v) is 8.32. The fourth-order valence-corrected chi connectivity index (χ4v) is 3.26. The van der Waals surface area contributed by atoms with Crippen molar-refractivity contribution in [3.8, 4) is 17.2 Å². The van der Waals surface area contributed by atoms with E-state index in [4.69, 9.17) is 14.6 Å². The lowest BCUT2D eigenvalue weighted by atomic mass is 9.90. The number of ether oxygens (including phenoxy) is 2. The summed E-state index contributed by atoms with van der Waals surface area (Å²) < 4.78 is 11.5. The zero-order valence-corrected chi connectivity index (χ0v) is 14.4. The summed E-state index contributed by atoms with van der Waals surface area (Å²) in [5, 5.41) is 38.1. The maximum atomic E-state index is 9.98. The van der Waals surface area contributed by atoms with Crippen LogP contribution < -0.4 is 9.47 Å². The predicted molar refractivity (Wildman–Crippen MR) is 96.3 cm³/mol. The smallest absolute Gasteiger partial charge is 0.165 e. The molecule has 1 aliphatic rings. The average Bonchev–Trinajstić information content (AvgIpc) is 3.04. The molecule has 3 rings (SSSR count). The van der Waals surface area contributed by atoms with E-state index in [-0.39, 0.29) is 31.5 Å². The van der Waals surface area contributed by atoms with Gasteiger partial charge in [0.2, 0.25) is 0 Å². The Balaban J connectivity index is 2.04. The van der Waals surface area contributed by atoms with Crippen molar-refractivity contribution in [2.75, 3.05) is 20.3 Å². The molecule has 0 spiro atoms. The quantitative estimate of drug-likeness (QED) is 0.631. The fraction of sp³-hybridized carbons (Fsp3) is 0.300. The molecular weight excluding hydrogens is 336 g/mol. The first-order chi connectivity index (χ1) is 12.6. The Morgan fingerprint density at radius 3 is 2.62 bits per heavy atom. The summed E-state index contributed by atoms with van der Waals surface area (Å²) in [7, 11) is 1.55. The first-order valence-electron chi connectivity index (χ1n) is 8.32. The highest BCUT2D eigenvalue weighted by molar-refractivity contribution is 5.62. The predicted octanol–water partition coefficient (Wildman–Crippen LogP) is 2.11. The van der Waals surface area contributed by atoms with Gasteiger partial charge in [0.1, 0.15) is 11.9 Å².